The molecule has 0 aliphatic heterocycles. The maximum Gasteiger partial charge on any atom is 0.253 e. The third kappa shape index (κ3) is 3.56. The number of aromatic amines is 1. The number of nitrogens with one attached hydrogen (secondary N) is 1. The Hall–Kier alpha value is -2.10. The highest BCUT2D eigenvalue weighted by Crippen LogP contribution is 2.15. The van der Waals surface area contributed by atoms with Crippen LogP contribution in [0.15, 0.2) is 29.1 Å². The summed E-state index contributed by atoms with van der Waals surface area (Å²) in [5.41, 5.74) is 2.49. The maximum atomic E-state index is 12.3. The minimum absolute atomic E-state index is 0.0756. The van der Waals surface area contributed by atoms with Gasteiger partial charge in [-0.1, -0.05) is 18.6 Å². The van der Waals surface area contributed by atoms with Gasteiger partial charge in [-0.15, -0.1) is 0 Å². The van der Waals surface area contributed by atoms with Crippen molar-refractivity contribution in [2.45, 2.75) is 53.1 Å². The number of hydrogen-bond donors (Lipinski definition) is 1. The Morgan fingerprint density at radius 1 is 1.27 bits per heavy atom. The van der Waals surface area contributed by atoms with Crippen molar-refractivity contribution in [1.82, 2.24) is 9.88 Å². The third-order valence-electron chi connectivity index (χ3n) is 3.82. The van der Waals surface area contributed by atoms with E-state index in [0.29, 0.717) is 18.5 Å². The summed E-state index contributed by atoms with van der Waals surface area (Å²) < 4.78 is 0. The molecule has 4 nitrogen and oxygen atoms in total. The summed E-state index contributed by atoms with van der Waals surface area (Å²) in [7, 11) is 0. The number of fused-ring (bicyclic) bond motifs is 1. The van der Waals surface area contributed by atoms with Gasteiger partial charge in [-0.25, -0.2) is 0 Å². The predicted molar refractivity (Wildman–Crippen MR) is 89.9 cm³/mol. The van der Waals surface area contributed by atoms with E-state index in [9.17, 15) is 9.59 Å². The largest absolute Gasteiger partial charge is 0.336 e. The lowest BCUT2D eigenvalue weighted by Crippen LogP contribution is -2.37. The van der Waals surface area contributed by atoms with Gasteiger partial charge in [0.15, 0.2) is 0 Å². The number of nitrogens with zero attached hydrogens (tertiary/aromatic N) is 1. The Bertz CT molecular complexity index is 731. The number of amides is 1. The molecular formula is C18H24N2O2. The molecule has 0 unspecified atom stereocenters. The average molecular weight is 300 g/mol. The standard InChI is InChI=1S/C18H24N2O2/c1-5-6-17(21)20(12(2)3)11-15-10-14-9-13(4)7-8-16(14)19-18(15)22/h7-10,12H,5-6,11H2,1-4H3,(H,19,22). The van der Waals surface area contributed by atoms with Crippen LogP contribution in [0.4, 0.5) is 0 Å². The monoisotopic (exact) mass is 300 g/mol. The van der Waals surface area contributed by atoms with Gasteiger partial charge in [0.05, 0.1) is 6.54 Å². The zero-order chi connectivity index (χ0) is 16.3. The van der Waals surface area contributed by atoms with E-state index in [0.717, 1.165) is 22.9 Å². The first-order chi connectivity index (χ1) is 10.4. The second-order valence-corrected chi connectivity index (χ2v) is 6.08. The summed E-state index contributed by atoms with van der Waals surface area (Å²) in [5, 5.41) is 1.00. The van der Waals surface area contributed by atoms with Crippen LogP contribution in [0.25, 0.3) is 10.9 Å². The molecule has 0 saturated heterocycles. The van der Waals surface area contributed by atoms with Crippen LogP contribution < -0.4 is 5.56 Å². The van der Waals surface area contributed by atoms with Crippen molar-refractivity contribution in [1.29, 1.82) is 0 Å². The minimum atomic E-state index is -0.119. The summed E-state index contributed by atoms with van der Waals surface area (Å²) in [6.45, 7) is 8.33. The second-order valence-electron chi connectivity index (χ2n) is 6.08. The predicted octanol–water partition coefficient (Wildman–Crippen LogP) is 3.37. The van der Waals surface area contributed by atoms with Gasteiger partial charge < -0.3 is 9.88 Å². The Balaban J connectivity index is 2.38. The van der Waals surface area contributed by atoms with Gasteiger partial charge in [-0.05, 0) is 50.8 Å². The highest BCUT2D eigenvalue weighted by molar-refractivity contribution is 5.80. The first kappa shape index (κ1) is 16.3. The Morgan fingerprint density at radius 2 is 2.00 bits per heavy atom. The SMILES string of the molecule is CCCC(=O)N(Cc1cc2cc(C)ccc2[nH]c1=O)C(C)C. The molecule has 1 aromatic heterocycles. The van der Waals surface area contributed by atoms with Crippen LogP contribution in [0.2, 0.25) is 0 Å². The van der Waals surface area contributed by atoms with Gasteiger partial charge in [0, 0.05) is 23.5 Å². The summed E-state index contributed by atoms with van der Waals surface area (Å²) in [6.07, 6.45) is 1.33. The van der Waals surface area contributed by atoms with Gasteiger partial charge in [-0.2, -0.15) is 0 Å². The van der Waals surface area contributed by atoms with E-state index in [1.165, 1.54) is 0 Å². The second kappa shape index (κ2) is 6.77. The van der Waals surface area contributed by atoms with E-state index in [4.69, 9.17) is 0 Å². The molecule has 2 aromatic rings. The fourth-order valence-corrected chi connectivity index (χ4v) is 2.59. The molecule has 1 aromatic carbocycles. The number of carbonyl (C=O) groups is 1. The molecule has 0 spiro atoms. The van der Waals surface area contributed by atoms with Crippen molar-refractivity contribution < 1.29 is 4.79 Å². The zero-order valence-electron chi connectivity index (χ0n) is 13.8. The lowest BCUT2D eigenvalue weighted by Gasteiger charge is -2.26. The molecule has 0 saturated carbocycles. The van der Waals surface area contributed by atoms with Crippen molar-refractivity contribution in [2.24, 2.45) is 0 Å². The van der Waals surface area contributed by atoms with Gasteiger partial charge in [-0.3, -0.25) is 9.59 Å². The number of aryl methyl sites for hydroxylation is 1. The van der Waals surface area contributed by atoms with E-state index in [1.54, 1.807) is 4.90 Å². The first-order valence-electron chi connectivity index (χ1n) is 7.84. The molecule has 2 rings (SSSR count). The number of rotatable bonds is 5. The number of aromatic nitrogens is 1. The summed E-state index contributed by atoms with van der Waals surface area (Å²) in [4.78, 5) is 29.2. The number of carbonyl (C=O) groups excluding carboxylic acids is 1. The molecule has 1 N–H and O–H groups in total. The normalized spacial score (nSPS) is 11.1. The average Bonchev–Trinajstić information content (AvgIpc) is 2.45. The minimum Gasteiger partial charge on any atom is -0.336 e. The fraction of sp³-hybridized carbons (Fsp3) is 0.444. The first-order valence-corrected chi connectivity index (χ1v) is 7.84. The molecule has 0 radical (unpaired) electrons. The molecular weight excluding hydrogens is 276 g/mol. The molecule has 0 fully saturated rings. The molecule has 0 atom stereocenters. The number of hydrogen-bond acceptors (Lipinski definition) is 2. The molecule has 1 amide bonds. The van der Waals surface area contributed by atoms with Crippen LogP contribution >= 0.6 is 0 Å². The zero-order valence-corrected chi connectivity index (χ0v) is 13.8. The van der Waals surface area contributed by atoms with Gasteiger partial charge in [0.2, 0.25) is 5.91 Å². The van der Waals surface area contributed by atoms with Crippen LogP contribution in [0.3, 0.4) is 0 Å². The van der Waals surface area contributed by atoms with Gasteiger partial charge >= 0.3 is 0 Å². The lowest BCUT2D eigenvalue weighted by atomic mass is 10.1. The summed E-state index contributed by atoms with van der Waals surface area (Å²) in [6, 6.07) is 7.91. The highest BCUT2D eigenvalue weighted by Gasteiger charge is 2.18. The smallest absolute Gasteiger partial charge is 0.253 e. The van der Waals surface area contributed by atoms with E-state index >= 15 is 0 Å². The van der Waals surface area contributed by atoms with Crippen molar-refractivity contribution in [2.75, 3.05) is 0 Å². The quantitative estimate of drug-likeness (QED) is 0.920. The molecule has 0 bridgehead atoms. The van der Waals surface area contributed by atoms with E-state index in [1.807, 2.05) is 52.0 Å². The number of H-pyrrole nitrogens is 1. The molecule has 118 valence electrons. The third-order valence-corrected chi connectivity index (χ3v) is 3.82. The van der Waals surface area contributed by atoms with Gasteiger partial charge in [0.25, 0.3) is 5.56 Å². The van der Waals surface area contributed by atoms with Crippen molar-refractivity contribution >= 4 is 16.8 Å². The maximum absolute atomic E-state index is 12.3. The molecule has 22 heavy (non-hydrogen) atoms. The molecule has 0 aliphatic carbocycles. The van der Waals surface area contributed by atoms with E-state index < -0.39 is 0 Å². The number of benzene rings is 1. The Kier molecular flexibility index (Phi) is 5.01. The van der Waals surface area contributed by atoms with Crippen LogP contribution in [0, 0.1) is 6.92 Å². The topological polar surface area (TPSA) is 53.2 Å². The van der Waals surface area contributed by atoms with Crippen LogP contribution in [-0.4, -0.2) is 21.8 Å². The molecule has 4 heteroatoms. The Labute approximate surface area is 131 Å². The van der Waals surface area contributed by atoms with Crippen LogP contribution in [-0.2, 0) is 11.3 Å². The summed E-state index contributed by atoms with van der Waals surface area (Å²) in [5.74, 6) is 0.0984. The van der Waals surface area contributed by atoms with E-state index in [2.05, 4.69) is 4.98 Å². The Morgan fingerprint density at radius 3 is 2.64 bits per heavy atom. The van der Waals surface area contributed by atoms with Crippen LogP contribution in [0.1, 0.15) is 44.7 Å². The van der Waals surface area contributed by atoms with Crippen molar-refractivity contribution in [3.05, 3.63) is 45.7 Å². The highest BCUT2D eigenvalue weighted by atomic mass is 16.2. The van der Waals surface area contributed by atoms with Gasteiger partial charge in [0.1, 0.15) is 0 Å². The summed E-state index contributed by atoms with van der Waals surface area (Å²) >= 11 is 0. The number of pyridine rings is 1. The van der Waals surface area contributed by atoms with Crippen LogP contribution in [0.5, 0.6) is 0 Å². The van der Waals surface area contributed by atoms with Crippen molar-refractivity contribution in [3.63, 3.8) is 0 Å². The molecule has 0 aliphatic rings. The molecule has 1 heterocycles. The fourth-order valence-electron chi connectivity index (χ4n) is 2.59. The van der Waals surface area contributed by atoms with E-state index in [-0.39, 0.29) is 17.5 Å². The van der Waals surface area contributed by atoms with Crippen molar-refractivity contribution in [3.8, 4) is 0 Å². The lowest BCUT2D eigenvalue weighted by molar-refractivity contribution is -0.133.